The van der Waals surface area contributed by atoms with E-state index in [2.05, 4.69) is 5.10 Å². The molecule has 2 rings (SSSR count). The van der Waals surface area contributed by atoms with Crippen molar-refractivity contribution in [3.8, 4) is 0 Å². The number of rotatable bonds is 4. The van der Waals surface area contributed by atoms with E-state index >= 15 is 0 Å². The van der Waals surface area contributed by atoms with Gasteiger partial charge in [-0.3, -0.25) is 4.68 Å². The number of hydrogen-bond donors (Lipinski definition) is 1. The monoisotopic (exact) mass is 265 g/mol. The van der Waals surface area contributed by atoms with Crippen LogP contribution in [0.3, 0.4) is 0 Å². The maximum absolute atomic E-state index is 13.6. The second kappa shape index (κ2) is 5.48. The van der Waals surface area contributed by atoms with Crippen molar-refractivity contribution in [3.05, 3.63) is 52.9 Å². The van der Waals surface area contributed by atoms with Crippen molar-refractivity contribution in [2.24, 2.45) is 12.8 Å². The quantitative estimate of drug-likeness (QED) is 0.923. The Kier molecular flexibility index (Phi) is 3.95. The zero-order valence-corrected chi connectivity index (χ0v) is 11.0. The normalized spacial score (nSPS) is 12.7. The summed E-state index contributed by atoms with van der Waals surface area (Å²) in [5.74, 6) is -1.12. The zero-order chi connectivity index (χ0) is 14.0. The molecule has 0 aliphatic carbocycles. The molecule has 0 bridgehead atoms. The van der Waals surface area contributed by atoms with E-state index in [0.29, 0.717) is 0 Å². The smallest absolute Gasteiger partial charge is 0.129 e. The molecule has 0 radical (unpaired) electrons. The van der Waals surface area contributed by atoms with Crippen molar-refractivity contribution < 1.29 is 8.78 Å². The van der Waals surface area contributed by atoms with Gasteiger partial charge in [-0.05, 0) is 25.0 Å². The van der Waals surface area contributed by atoms with Crippen LogP contribution in [0.2, 0.25) is 0 Å². The Morgan fingerprint density at radius 1 is 1.32 bits per heavy atom. The molecule has 3 nitrogen and oxygen atoms in total. The number of aromatic nitrogens is 2. The highest BCUT2D eigenvalue weighted by molar-refractivity contribution is 5.26. The second-order valence-corrected chi connectivity index (χ2v) is 4.57. The van der Waals surface area contributed by atoms with Gasteiger partial charge >= 0.3 is 0 Å². The van der Waals surface area contributed by atoms with Crippen LogP contribution >= 0.6 is 0 Å². The summed E-state index contributed by atoms with van der Waals surface area (Å²) in [7, 11) is 1.80. The molecule has 2 N–H and O–H groups in total. The molecule has 0 fully saturated rings. The van der Waals surface area contributed by atoms with Crippen molar-refractivity contribution in [1.29, 1.82) is 0 Å². The molecule has 1 atom stereocenters. The molecule has 0 aliphatic heterocycles. The van der Waals surface area contributed by atoms with E-state index in [1.807, 2.05) is 13.1 Å². The maximum atomic E-state index is 13.6. The van der Waals surface area contributed by atoms with Gasteiger partial charge in [-0.15, -0.1) is 0 Å². The summed E-state index contributed by atoms with van der Waals surface area (Å²) in [6, 6.07) is 3.38. The average molecular weight is 265 g/mol. The summed E-state index contributed by atoms with van der Waals surface area (Å²) >= 11 is 0. The van der Waals surface area contributed by atoms with Crippen molar-refractivity contribution in [1.82, 2.24) is 9.78 Å². The SMILES string of the molecule is CCc1nn(C)cc1C(N)Cc1c(F)cccc1F. The molecule has 0 saturated heterocycles. The van der Waals surface area contributed by atoms with Gasteiger partial charge in [0, 0.05) is 30.4 Å². The summed E-state index contributed by atoms with van der Waals surface area (Å²) in [6.45, 7) is 1.97. The first-order valence-electron chi connectivity index (χ1n) is 6.23. The molecule has 1 aromatic heterocycles. The Balaban J connectivity index is 2.28. The van der Waals surface area contributed by atoms with E-state index in [-0.39, 0.29) is 12.0 Å². The molecule has 1 aromatic carbocycles. The van der Waals surface area contributed by atoms with Gasteiger partial charge in [0.15, 0.2) is 0 Å². The molecule has 0 amide bonds. The fraction of sp³-hybridized carbons (Fsp3) is 0.357. The number of benzene rings is 1. The molecule has 0 aliphatic rings. The van der Waals surface area contributed by atoms with Gasteiger partial charge in [-0.1, -0.05) is 13.0 Å². The summed E-state index contributed by atoms with van der Waals surface area (Å²) in [4.78, 5) is 0. The Morgan fingerprint density at radius 2 is 1.95 bits per heavy atom. The Morgan fingerprint density at radius 3 is 2.53 bits per heavy atom. The molecular formula is C14H17F2N3. The van der Waals surface area contributed by atoms with E-state index in [9.17, 15) is 8.78 Å². The second-order valence-electron chi connectivity index (χ2n) is 4.57. The lowest BCUT2D eigenvalue weighted by atomic mass is 9.98. The lowest BCUT2D eigenvalue weighted by Gasteiger charge is -2.12. The summed E-state index contributed by atoms with van der Waals surface area (Å²) < 4.78 is 28.9. The van der Waals surface area contributed by atoms with Crippen LogP contribution in [-0.4, -0.2) is 9.78 Å². The minimum atomic E-state index is -0.558. The minimum Gasteiger partial charge on any atom is -0.324 e. The van der Waals surface area contributed by atoms with Crippen molar-refractivity contribution in [2.75, 3.05) is 0 Å². The molecule has 5 heteroatoms. The van der Waals surface area contributed by atoms with E-state index < -0.39 is 17.7 Å². The molecule has 19 heavy (non-hydrogen) atoms. The lowest BCUT2D eigenvalue weighted by Crippen LogP contribution is -2.16. The first-order valence-corrected chi connectivity index (χ1v) is 6.23. The molecule has 0 spiro atoms. The first kappa shape index (κ1) is 13.7. The van der Waals surface area contributed by atoms with Crippen LogP contribution in [0.1, 0.15) is 29.8 Å². The fourth-order valence-electron chi connectivity index (χ4n) is 2.19. The summed E-state index contributed by atoms with van der Waals surface area (Å²) in [5, 5.41) is 4.29. The number of hydrogen-bond acceptors (Lipinski definition) is 2. The number of halogens is 2. The van der Waals surface area contributed by atoms with Crippen molar-refractivity contribution in [3.63, 3.8) is 0 Å². The van der Waals surface area contributed by atoms with E-state index in [1.54, 1.807) is 11.7 Å². The largest absolute Gasteiger partial charge is 0.324 e. The number of nitrogens with two attached hydrogens (primary N) is 1. The van der Waals surface area contributed by atoms with Crippen LogP contribution in [0.4, 0.5) is 8.78 Å². The Labute approximate surface area is 111 Å². The molecule has 1 unspecified atom stereocenters. The third-order valence-corrected chi connectivity index (χ3v) is 3.16. The predicted octanol–water partition coefficient (Wildman–Crippen LogP) is 2.50. The van der Waals surface area contributed by atoms with Gasteiger partial charge in [0.2, 0.25) is 0 Å². The highest BCUT2D eigenvalue weighted by Gasteiger charge is 2.18. The minimum absolute atomic E-state index is 0.0286. The topological polar surface area (TPSA) is 43.8 Å². The molecule has 0 saturated carbocycles. The van der Waals surface area contributed by atoms with E-state index in [0.717, 1.165) is 17.7 Å². The maximum Gasteiger partial charge on any atom is 0.129 e. The number of aryl methyl sites for hydroxylation is 2. The number of nitrogens with zero attached hydrogens (tertiary/aromatic N) is 2. The van der Waals surface area contributed by atoms with Gasteiger partial charge in [-0.25, -0.2) is 8.78 Å². The predicted molar refractivity (Wildman–Crippen MR) is 69.6 cm³/mol. The van der Waals surface area contributed by atoms with E-state index in [4.69, 9.17) is 5.73 Å². The van der Waals surface area contributed by atoms with Crippen LogP contribution in [0.25, 0.3) is 0 Å². The van der Waals surface area contributed by atoms with Gasteiger partial charge in [0.05, 0.1) is 5.69 Å². The van der Waals surface area contributed by atoms with Crippen LogP contribution in [0.15, 0.2) is 24.4 Å². The Hall–Kier alpha value is -1.75. The molecule has 2 aromatic rings. The average Bonchev–Trinajstić information content (AvgIpc) is 2.75. The fourth-order valence-corrected chi connectivity index (χ4v) is 2.19. The van der Waals surface area contributed by atoms with Crippen LogP contribution in [-0.2, 0) is 19.9 Å². The van der Waals surface area contributed by atoms with Crippen LogP contribution in [0.5, 0.6) is 0 Å². The van der Waals surface area contributed by atoms with Crippen molar-refractivity contribution in [2.45, 2.75) is 25.8 Å². The third-order valence-electron chi connectivity index (χ3n) is 3.16. The third kappa shape index (κ3) is 2.81. The zero-order valence-electron chi connectivity index (χ0n) is 11.0. The van der Waals surface area contributed by atoms with Gasteiger partial charge in [-0.2, -0.15) is 5.10 Å². The van der Waals surface area contributed by atoms with Gasteiger partial charge < -0.3 is 5.73 Å². The molecular weight excluding hydrogens is 248 g/mol. The standard InChI is InChI=1S/C14H17F2N3/c1-3-14-10(8-19(2)18-14)13(17)7-9-11(15)5-4-6-12(9)16/h4-6,8,13H,3,7,17H2,1-2H3. The van der Waals surface area contributed by atoms with Crippen molar-refractivity contribution >= 4 is 0 Å². The summed E-state index contributed by atoms with van der Waals surface area (Å²) in [6.07, 6.45) is 2.67. The van der Waals surface area contributed by atoms with Crippen LogP contribution < -0.4 is 5.73 Å². The van der Waals surface area contributed by atoms with E-state index in [1.165, 1.54) is 18.2 Å². The summed E-state index contributed by atoms with van der Waals surface area (Å²) in [5.41, 5.74) is 7.80. The Bertz CT molecular complexity index is 558. The van der Waals surface area contributed by atoms with Gasteiger partial charge in [0.25, 0.3) is 0 Å². The van der Waals surface area contributed by atoms with Gasteiger partial charge in [0.1, 0.15) is 11.6 Å². The van der Waals surface area contributed by atoms with Crippen LogP contribution in [0, 0.1) is 11.6 Å². The lowest BCUT2D eigenvalue weighted by molar-refractivity contribution is 0.539. The molecule has 102 valence electrons. The molecule has 1 heterocycles. The highest BCUT2D eigenvalue weighted by Crippen LogP contribution is 2.22. The first-order chi connectivity index (χ1) is 9.02. The highest BCUT2D eigenvalue weighted by atomic mass is 19.1.